The summed E-state index contributed by atoms with van der Waals surface area (Å²) in [6.07, 6.45) is 5.94. The lowest BCUT2D eigenvalue weighted by Gasteiger charge is -2.23. The average molecular weight is 507 g/mol. The SMILES string of the molecule is Cc1ccc(S(=O)(=O)N[C@@H]2COC(=O)C/C=C/[C@H](C)COC(=O)N[C@@H](C)C(=O)C/C=C/[C@H]2C)cc1. The van der Waals surface area contributed by atoms with Crippen molar-refractivity contribution < 1.29 is 32.3 Å². The van der Waals surface area contributed by atoms with Gasteiger partial charge in [0.05, 0.1) is 30.0 Å². The number of rotatable bonds is 3. The van der Waals surface area contributed by atoms with Gasteiger partial charge in [-0.2, -0.15) is 0 Å². The van der Waals surface area contributed by atoms with Gasteiger partial charge in [0, 0.05) is 12.3 Å². The third-order valence-electron chi connectivity index (χ3n) is 5.50. The Kier molecular flexibility index (Phi) is 10.7. The Morgan fingerprint density at radius 3 is 2.26 bits per heavy atom. The number of carbonyl (C=O) groups is 3. The molecule has 4 atom stereocenters. The first kappa shape index (κ1) is 28.3. The van der Waals surface area contributed by atoms with Crippen LogP contribution < -0.4 is 10.0 Å². The third kappa shape index (κ3) is 9.65. The van der Waals surface area contributed by atoms with Crippen molar-refractivity contribution in [3.63, 3.8) is 0 Å². The quantitative estimate of drug-likeness (QED) is 0.476. The van der Waals surface area contributed by atoms with E-state index in [1.165, 1.54) is 12.1 Å². The van der Waals surface area contributed by atoms with Crippen LogP contribution in [-0.2, 0) is 29.1 Å². The van der Waals surface area contributed by atoms with Gasteiger partial charge in [-0.15, -0.1) is 0 Å². The van der Waals surface area contributed by atoms with Crippen LogP contribution in [-0.4, -0.2) is 51.6 Å². The number of esters is 1. The van der Waals surface area contributed by atoms with Crippen LogP contribution in [0.15, 0.2) is 53.5 Å². The van der Waals surface area contributed by atoms with Crippen LogP contribution in [0.1, 0.15) is 39.2 Å². The van der Waals surface area contributed by atoms with E-state index in [0.717, 1.165) is 5.56 Å². The lowest BCUT2D eigenvalue weighted by atomic mass is 10.0. The van der Waals surface area contributed by atoms with E-state index in [0.29, 0.717) is 0 Å². The third-order valence-corrected chi connectivity index (χ3v) is 7.00. The zero-order valence-electron chi connectivity index (χ0n) is 20.5. The van der Waals surface area contributed by atoms with E-state index in [1.807, 2.05) is 13.8 Å². The van der Waals surface area contributed by atoms with E-state index in [2.05, 4.69) is 10.0 Å². The average Bonchev–Trinajstić information content (AvgIpc) is 2.79. The van der Waals surface area contributed by atoms with Crippen LogP contribution in [0.4, 0.5) is 4.79 Å². The topological polar surface area (TPSA) is 128 Å². The van der Waals surface area contributed by atoms with Crippen LogP contribution in [0.2, 0.25) is 0 Å². The second-order valence-corrected chi connectivity index (χ2v) is 10.5. The first-order chi connectivity index (χ1) is 16.5. The van der Waals surface area contributed by atoms with Crippen LogP contribution in [0, 0.1) is 18.8 Å². The molecule has 1 aromatic carbocycles. The maximum absolute atomic E-state index is 12.9. The summed E-state index contributed by atoms with van der Waals surface area (Å²) >= 11 is 0. The van der Waals surface area contributed by atoms with Gasteiger partial charge in [-0.25, -0.2) is 17.9 Å². The Morgan fingerprint density at radius 2 is 1.57 bits per heavy atom. The summed E-state index contributed by atoms with van der Waals surface area (Å²) in [6, 6.07) is 4.91. The minimum Gasteiger partial charge on any atom is -0.464 e. The highest BCUT2D eigenvalue weighted by atomic mass is 32.2. The zero-order valence-corrected chi connectivity index (χ0v) is 21.3. The molecule has 1 amide bonds. The number of aryl methyl sites for hydroxylation is 1. The van der Waals surface area contributed by atoms with Gasteiger partial charge in [0.1, 0.15) is 6.61 Å². The molecule has 1 aromatic rings. The molecule has 0 unspecified atom stereocenters. The fourth-order valence-corrected chi connectivity index (χ4v) is 4.50. The molecule has 0 saturated heterocycles. The summed E-state index contributed by atoms with van der Waals surface area (Å²) in [5.74, 6) is -1.32. The summed E-state index contributed by atoms with van der Waals surface area (Å²) in [5, 5.41) is 2.50. The molecule has 35 heavy (non-hydrogen) atoms. The summed E-state index contributed by atoms with van der Waals surface area (Å²) < 4.78 is 39.0. The van der Waals surface area contributed by atoms with Crippen LogP contribution in [0.5, 0.6) is 0 Å². The minimum absolute atomic E-state index is 0.0102. The highest BCUT2D eigenvalue weighted by Crippen LogP contribution is 2.15. The Morgan fingerprint density at radius 1 is 0.914 bits per heavy atom. The van der Waals surface area contributed by atoms with Gasteiger partial charge >= 0.3 is 12.1 Å². The number of cyclic esters (lactones) is 2. The number of ether oxygens (including phenoxy) is 2. The van der Waals surface area contributed by atoms with Crippen molar-refractivity contribution in [2.24, 2.45) is 11.8 Å². The zero-order chi connectivity index (χ0) is 26.0. The molecule has 0 saturated carbocycles. The molecule has 0 bridgehead atoms. The normalized spacial score (nSPS) is 27.5. The van der Waals surface area contributed by atoms with Gasteiger partial charge in [0.2, 0.25) is 10.0 Å². The summed E-state index contributed by atoms with van der Waals surface area (Å²) in [7, 11) is -3.88. The van der Waals surface area contributed by atoms with E-state index >= 15 is 0 Å². The summed E-state index contributed by atoms with van der Waals surface area (Å²) in [6.45, 7) is 6.90. The van der Waals surface area contributed by atoms with E-state index in [9.17, 15) is 22.8 Å². The first-order valence-electron chi connectivity index (χ1n) is 11.5. The Balaban J connectivity index is 2.22. The van der Waals surface area contributed by atoms with Crippen molar-refractivity contribution in [1.29, 1.82) is 0 Å². The van der Waals surface area contributed by atoms with Gasteiger partial charge in [0.15, 0.2) is 5.78 Å². The molecule has 2 N–H and O–H groups in total. The number of hydrogen-bond acceptors (Lipinski definition) is 7. The number of sulfonamides is 1. The molecular formula is C25H34N2O7S. The highest BCUT2D eigenvalue weighted by molar-refractivity contribution is 7.89. The largest absolute Gasteiger partial charge is 0.464 e. The number of alkyl carbamates (subject to hydrolysis) is 1. The Labute approximate surface area is 207 Å². The lowest BCUT2D eigenvalue weighted by molar-refractivity contribution is -0.143. The summed E-state index contributed by atoms with van der Waals surface area (Å²) in [4.78, 5) is 36.6. The van der Waals surface area contributed by atoms with Gasteiger partial charge in [0.25, 0.3) is 0 Å². The molecule has 1 aliphatic heterocycles. The number of ketones is 1. The number of hydrogen-bond donors (Lipinski definition) is 2. The Hall–Kier alpha value is -2.98. The van der Waals surface area contributed by atoms with Gasteiger partial charge in [-0.1, -0.05) is 55.8 Å². The van der Waals surface area contributed by atoms with Crippen LogP contribution >= 0.6 is 0 Å². The van der Waals surface area contributed by atoms with Crippen molar-refractivity contribution >= 4 is 27.9 Å². The lowest BCUT2D eigenvalue weighted by Crippen LogP contribution is -2.42. The number of amides is 1. The molecule has 1 heterocycles. The fourth-order valence-electron chi connectivity index (χ4n) is 3.19. The molecule has 192 valence electrons. The second-order valence-electron chi connectivity index (χ2n) is 8.76. The predicted octanol–water partition coefficient (Wildman–Crippen LogP) is 3.05. The van der Waals surface area contributed by atoms with E-state index in [-0.39, 0.29) is 42.7 Å². The van der Waals surface area contributed by atoms with Gasteiger partial charge in [-0.05, 0) is 31.9 Å². The maximum Gasteiger partial charge on any atom is 0.407 e. The first-order valence-corrected chi connectivity index (χ1v) is 13.0. The highest BCUT2D eigenvalue weighted by Gasteiger charge is 2.25. The van der Waals surface area contributed by atoms with E-state index in [1.54, 1.807) is 50.3 Å². The standard InChI is InChI=1S/C25H34N2O7S/c1-17-11-13-21(14-12-17)35(31,32)27-22-16-33-24(29)10-5-7-18(2)15-34-25(30)26-20(4)23(28)9-6-8-19(22)3/h5-8,11-14,18-20,22,27H,9-10,15-16H2,1-4H3,(H,26,30)/b7-5+,8-6+/t18-,19+,20-,22+/m0/s1. The molecule has 0 aliphatic carbocycles. The van der Waals surface area contributed by atoms with E-state index < -0.39 is 40.1 Å². The number of carbonyl (C=O) groups excluding carboxylic acids is 3. The smallest absolute Gasteiger partial charge is 0.407 e. The van der Waals surface area contributed by atoms with Crippen molar-refractivity contribution in [3.8, 4) is 0 Å². The molecule has 0 fully saturated rings. The molecular weight excluding hydrogens is 472 g/mol. The molecule has 0 spiro atoms. The molecule has 0 aromatic heterocycles. The molecule has 9 nitrogen and oxygen atoms in total. The predicted molar refractivity (Wildman–Crippen MR) is 131 cm³/mol. The maximum atomic E-state index is 12.9. The van der Waals surface area contributed by atoms with Gasteiger partial charge in [-0.3, -0.25) is 9.59 Å². The summed E-state index contributed by atoms with van der Waals surface area (Å²) in [5.41, 5.74) is 0.925. The molecule has 0 radical (unpaired) electrons. The van der Waals surface area contributed by atoms with Crippen molar-refractivity contribution in [3.05, 3.63) is 54.1 Å². The number of allylic oxidation sites excluding steroid dienone is 1. The monoisotopic (exact) mass is 506 g/mol. The van der Waals surface area contributed by atoms with E-state index in [4.69, 9.17) is 9.47 Å². The van der Waals surface area contributed by atoms with Crippen LogP contribution in [0.3, 0.4) is 0 Å². The van der Waals surface area contributed by atoms with Crippen molar-refractivity contribution in [2.75, 3.05) is 13.2 Å². The van der Waals surface area contributed by atoms with Crippen LogP contribution in [0.25, 0.3) is 0 Å². The Bertz CT molecular complexity index is 1050. The van der Waals surface area contributed by atoms with Crippen molar-refractivity contribution in [2.45, 2.75) is 57.5 Å². The van der Waals surface area contributed by atoms with Gasteiger partial charge < -0.3 is 14.8 Å². The minimum atomic E-state index is -3.88. The fraction of sp³-hybridized carbons (Fsp3) is 0.480. The number of Topliss-reactive ketones (excluding diaryl/α,β-unsaturated/α-hetero) is 1. The molecule has 2 rings (SSSR count). The van der Waals surface area contributed by atoms with Crippen molar-refractivity contribution in [1.82, 2.24) is 10.0 Å². The molecule has 10 heteroatoms. The number of nitrogens with one attached hydrogen (secondary N) is 2. The molecule has 1 aliphatic rings. The number of benzene rings is 1. The second kappa shape index (κ2) is 13.2.